The average Bonchev–Trinajstić information content (AvgIpc) is 2.83. The van der Waals surface area contributed by atoms with Crippen LogP contribution in [0.1, 0.15) is 36.7 Å². The smallest absolute Gasteiger partial charge is 0.326 e. The molecule has 7 heteroatoms. The van der Waals surface area contributed by atoms with E-state index in [1.165, 1.54) is 6.33 Å². The molecule has 0 bridgehead atoms. The van der Waals surface area contributed by atoms with Gasteiger partial charge in [0.2, 0.25) is 0 Å². The minimum absolute atomic E-state index is 0.205. The predicted molar refractivity (Wildman–Crippen MR) is 69.7 cm³/mol. The Morgan fingerprint density at radius 2 is 2.32 bits per heavy atom. The fourth-order valence-electron chi connectivity index (χ4n) is 1.65. The number of hydrogen-bond donors (Lipinski definition) is 3. The van der Waals surface area contributed by atoms with Crippen LogP contribution in [0.4, 0.5) is 0 Å². The monoisotopic (exact) mass is 268 g/mol. The Hall–Kier alpha value is -1.89. The Balaban J connectivity index is 2.62. The topological polar surface area (TPSA) is 110 Å². The summed E-state index contributed by atoms with van der Waals surface area (Å²) in [6, 6.07) is -0.868. The Bertz CT molecular complexity index is 430. The molecule has 1 amide bonds. The predicted octanol–water partition coefficient (Wildman–Crippen LogP) is 0.215. The summed E-state index contributed by atoms with van der Waals surface area (Å²) in [6.07, 6.45) is 5.11. The summed E-state index contributed by atoms with van der Waals surface area (Å²) >= 11 is 0. The van der Waals surface area contributed by atoms with Gasteiger partial charge in [0.15, 0.2) is 0 Å². The second-order valence-electron chi connectivity index (χ2n) is 4.29. The molecule has 0 saturated heterocycles. The highest BCUT2D eigenvalue weighted by Gasteiger charge is 2.21. The lowest BCUT2D eigenvalue weighted by atomic mass is 10.1. The fourth-order valence-corrected chi connectivity index (χ4v) is 1.65. The lowest BCUT2D eigenvalue weighted by molar-refractivity contribution is -0.139. The van der Waals surface area contributed by atoms with E-state index in [0.29, 0.717) is 19.5 Å². The van der Waals surface area contributed by atoms with E-state index in [1.54, 1.807) is 10.8 Å². The van der Waals surface area contributed by atoms with Crippen molar-refractivity contribution in [2.75, 3.05) is 6.54 Å². The second kappa shape index (κ2) is 7.52. The minimum atomic E-state index is -1.02. The van der Waals surface area contributed by atoms with Gasteiger partial charge in [-0.3, -0.25) is 4.79 Å². The van der Waals surface area contributed by atoms with Crippen molar-refractivity contribution in [2.45, 2.75) is 38.8 Å². The lowest BCUT2D eigenvalue weighted by Crippen LogP contribution is -2.40. The molecular formula is C12H20N4O3. The molecule has 0 spiro atoms. The molecule has 1 heterocycles. The third-order valence-electron chi connectivity index (χ3n) is 2.70. The Labute approximate surface area is 111 Å². The van der Waals surface area contributed by atoms with E-state index in [1.807, 2.05) is 6.92 Å². The molecular weight excluding hydrogens is 248 g/mol. The number of nitrogens with zero attached hydrogens (tertiary/aromatic N) is 2. The summed E-state index contributed by atoms with van der Waals surface area (Å²) in [5, 5.41) is 11.5. The van der Waals surface area contributed by atoms with E-state index < -0.39 is 17.9 Å². The van der Waals surface area contributed by atoms with Crippen molar-refractivity contribution in [3.8, 4) is 0 Å². The first-order valence-electron chi connectivity index (χ1n) is 6.34. The summed E-state index contributed by atoms with van der Waals surface area (Å²) in [7, 11) is 0. The molecule has 0 fully saturated rings. The van der Waals surface area contributed by atoms with Crippen molar-refractivity contribution in [2.24, 2.45) is 5.73 Å². The number of unbranched alkanes of at least 4 members (excludes halogenated alkanes) is 1. The highest BCUT2D eigenvalue weighted by molar-refractivity contribution is 5.94. The van der Waals surface area contributed by atoms with Gasteiger partial charge < -0.3 is 20.7 Å². The molecule has 19 heavy (non-hydrogen) atoms. The minimum Gasteiger partial charge on any atom is -0.480 e. The van der Waals surface area contributed by atoms with Gasteiger partial charge in [-0.2, -0.15) is 0 Å². The summed E-state index contributed by atoms with van der Waals surface area (Å²) in [5.74, 6) is -1.50. The van der Waals surface area contributed by atoms with Crippen LogP contribution in [0.3, 0.4) is 0 Å². The third-order valence-corrected chi connectivity index (χ3v) is 2.70. The van der Waals surface area contributed by atoms with Crippen molar-refractivity contribution in [1.29, 1.82) is 0 Å². The Morgan fingerprint density at radius 1 is 1.58 bits per heavy atom. The summed E-state index contributed by atoms with van der Waals surface area (Å²) in [5.41, 5.74) is 5.60. The maximum Gasteiger partial charge on any atom is 0.326 e. The maximum absolute atomic E-state index is 11.9. The molecule has 0 aliphatic carbocycles. The van der Waals surface area contributed by atoms with Crippen LogP contribution in [-0.2, 0) is 11.3 Å². The number of carboxylic acids is 1. The number of carboxylic acid groups (broad SMARTS) is 1. The van der Waals surface area contributed by atoms with Gasteiger partial charge in [-0.15, -0.1) is 0 Å². The Morgan fingerprint density at radius 3 is 2.89 bits per heavy atom. The van der Waals surface area contributed by atoms with Crippen LogP contribution >= 0.6 is 0 Å². The van der Waals surface area contributed by atoms with E-state index in [-0.39, 0.29) is 5.69 Å². The zero-order valence-corrected chi connectivity index (χ0v) is 11.0. The molecule has 1 rings (SSSR count). The molecule has 0 aliphatic heterocycles. The number of hydrogen-bond acceptors (Lipinski definition) is 4. The molecule has 0 saturated carbocycles. The van der Waals surface area contributed by atoms with Gasteiger partial charge in [-0.1, -0.05) is 19.8 Å². The maximum atomic E-state index is 11.9. The standard InChI is InChI=1S/C12H20N4O3/c1-2-3-4-9(12(18)19)15-11(17)10-7-16(6-5-13)8-14-10/h7-9H,2-6,13H2,1H3,(H,15,17)(H,18,19)/t9-/m0/s1. The molecule has 4 N–H and O–H groups in total. The number of carbonyl (C=O) groups excluding carboxylic acids is 1. The molecule has 0 aliphatic rings. The first kappa shape index (κ1) is 15.2. The first-order valence-corrected chi connectivity index (χ1v) is 6.34. The fraction of sp³-hybridized carbons (Fsp3) is 0.583. The molecule has 1 aromatic rings. The molecule has 0 radical (unpaired) electrons. The highest BCUT2D eigenvalue weighted by atomic mass is 16.4. The van der Waals surface area contributed by atoms with Crippen LogP contribution in [0.5, 0.6) is 0 Å². The lowest BCUT2D eigenvalue weighted by Gasteiger charge is -2.12. The van der Waals surface area contributed by atoms with Gasteiger partial charge in [-0.25, -0.2) is 9.78 Å². The van der Waals surface area contributed by atoms with E-state index in [2.05, 4.69) is 10.3 Å². The number of amides is 1. The number of nitrogens with two attached hydrogens (primary N) is 1. The molecule has 7 nitrogen and oxygen atoms in total. The van der Waals surface area contributed by atoms with Crippen LogP contribution in [0, 0.1) is 0 Å². The van der Waals surface area contributed by atoms with Gasteiger partial charge >= 0.3 is 5.97 Å². The summed E-state index contributed by atoms with van der Waals surface area (Å²) in [6.45, 7) is 2.99. The third kappa shape index (κ3) is 4.70. The van der Waals surface area contributed by atoms with Gasteiger partial charge in [0.1, 0.15) is 11.7 Å². The van der Waals surface area contributed by atoms with Crippen molar-refractivity contribution in [3.63, 3.8) is 0 Å². The van der Waals surface area contributed by atoms with E-state index >= 15 is 0 Å². The highest BCUT2D eigenvalue weighted by Crippen LogP contribution is 2.03. The number of nitrogens with one attached hydrogen (secondary N) is 1. The van der Waals surface area contributed by atoms with Crippen molar-refractivity contribution in [1.82, 2.24) is 14.9 Å². The Kier molecular flexibility index (Phi) is 6.01. The van der Waals surface area contributed by atoms with Crippen molar-refractivity contribution in [3.05, 3.63) is 18.2 Å². The zero-order valence-electron chi connectivity index (χ0n) is 11.0. The SMILES string of the molecule is CCCC[C@H](NC(=O)c1cn(CCN)cn1)C(=O)O. The van der Waals surface area contributed by atoms with Crippen LogP contribution in [-0.4, -0.2) is 39.1 Å². The van der Waals surface area contributed by atoms with Crippen LogP contribution in [0.2, 0.25) is 0 Å². The van der Waals surface area contributed by atoms with Gasteiger partial charge in [0.25, 0.3) is 5.91 Å². The van der Waals surface area contributed by atoms with E-state index in [9.17, 15) is 9.59 Å². The van der Waals surface area contributed by atoms with Crippen LogP contribution < -0.4 is 11.1 Å². The number of carbonyl (C=O) groups is 2. The van der Waals surface area contributed by atoms with Crippen LogP contribution in [0.25, 0.3) is 0 Å². The normalized spacial score (nSPS) is 12.1. The summed E-state index contributed by atoms with van der Waals surface area (Å²) in [4.78, 5) is 26.8. The molecule has 0 aromatic carbocycles. The van der Waals surface area contributed by atoms with Gasteiger partial charge in [0.05, 0.1) is 6.33 Å². The van der Waals surface area contributed by atoms with Crippen LogP contribution in [0.15, 0.2) is 12.5 Å². The quantitative estimate of drug-likeness (QED) is 0.624. The molecule has 1 aromatic heterocycles. The van der Waals surface area contributed by atoms with Crippen molar-refractivity contribution < 1.29 is 14.7 Å². The number of imidazole rings is 1. The number of rotatable bonds is 8. The van der Waals surface area contributed by atoms with Crippen molar-refractivity contribution >= 4 is 11.9 Å². The zero-order chi connectivity index (χ0) is 14.3. The summed E-state index contributed by atoms with van der Waals surface area (Å²) < 4.78 is 1.69. The van der Waals surface area contributed by atoms with E-state index in [0.717, 1.165) is 12.8 Å². The van der Waals surface area contributed by atoms with E-state index in [4.69, 9.17) is 10.8 Å². The largest absolute Gasteiger partial charge is 0.480 e. The second-order valence-corrected chi connectivity index (χ2v) is 4.29. The molecule has 1 atom stereocenters. The van der Waals surface area contributed by atoms with Gasteiger partial charge in [-0.05, 0) is 6.42 Å². The average molecular weight is 268 g/mol. The molecule has 106 valence electrons. The number of aliphatic carboxylic acids is 1. The first-order chi connectivity index (χ1) is 9.08. The number of aromatic nitrogens is 2. The van der Waals surface area contributed by atoms with Gasteiger partial charge in [0, 0.05) is 19.3 Å². The molecule has 0 unspecified atom stereocenters.